The zero-order valence-electron chi connectivity index (χ0n) is 11.7. The topological polar surface area (TPSA) is 12.0 Å². The van der Waals surface area contributed by atoms with Crippen LogP contribution < -0.4 is 5.32 Å². The molecule has 1 aliphatic carbocycles. The normalized spacial score (nSPS) is 18.9. The van der Waals surface area contributed by atoms with E-state index in [4.69, 9.17) is 0 Å². The molecule has 102 valence electrons. The molecule has 0 spiro atoms. The van der Waals surface area contributed by atoms with Gasteiger partial charge in [0.15, 0.2) is 0 Å². The Balaban J connectivity index is 1.80. The molecule has 2 heteroatoms. The van der Waals surface area contributed by atoms with Crippen LogP contribution in [0.3, 0.4) is 0 Å². The van der Waals surface area contributed by atoms with Crippen LogP contribution in [0.5, 0.6) is 0 Å². The lowest BCUT2D eigenvalue weighted by Crippen LogP contribution is -2.22. The third-order valence-corrected chi connectivity index (χ3v) is 4.88. The van der Waals surface area contributed by atoms with Gasteiger partial charge in [0.2, 0.25) is 0 Å². The molecule has 0 aliphatic heterocycles. The van der Waals surface area contributed by atoms with Gasteiger partial charge in [-0.15, -0.1) is 0 Å². The fraction of sp³-hybridized carbons (Fsp3) is 0.750. The molecule has 1 aromatic rings. The molecule has 2 rings (SSSR count). The summed E-state index contributed by atoms with van der Waals surface area (Å²) in [5.41, 5.74) is 1.50. The van der Waals surface area contributed by atoms with E-state index in [1.54, 1.807) is 0 Å². The smallest absolute Gasteiger partial charge is 0.0328 e. The second-order valence-electron chi connectivity index (χ2n) is 5.64. The first-order chi connectivity index (χ1) is 8.90. The quantitative estimate of drug-likeness (QED) is 0.719. The van der Waals surface area contributed by atoms with Gasteiger partial charge in [-0.1, -0.05) is 39.0 Å². The van der Waals surface area contributed by atoms with Gasteiger partial charge in [-0.05, 0) is 54.1 Å². The van der Waals surface area contributed by atoms with Crippen molar-refractivity contribution in [1.82, 2.24) is 5.32 Å². The van der Waals surface area contributed by atoms with Crippen LogP contribution in [0.15, 0.2) is 16.8 Å². The van der Waals surface area contributed by atoms with E-state index in [1.807, 2.05) is 11.3 Å². The fourth-order valence-electron chi connectivity index (χ4n) is 3.06. The van der Waals surface area contributed by atoms with E-state index in [0.717, 1.165) is 12.5 Å². The van der Waals surface area contributed by atoms with Crippen LogP contribution in [-0.2, 0) is 0 Å². The number of nitrogens with one attached hydrogen (secondary N) is 1. The number of hydrogen-bond donors (Lipinski definition) is 1. The number of rotatable bonds is 7. The standard InChI is InChI=1S/C16H27NS/c1-2-11-17-16(15-10-12-18-13-15)9-8-14-6-4-3-5-7-14/h10,12-14,16-17H,2-9,11H2,1H3. The van der Waals surface area contributed by atoms with Crippen molar-refractivity contribution in [2.75, 3.05) is 6.54 Å². The van der Waals surface area contributed by atoms with Gasteiger partial charge in [0.05, 0.1) is 0 Å². The average Bonchev–Trinajstić information content (AvgIpc) is 2.94. The van der Waals surface area contributed by atoms with Gasteiger partial charge in [-0.25, -0.2) is 0 Å². The van der Waals surface area contributed by atoms with Gasteiger partial charge < -0.3 is 5.32 Å². The molecule has 1 fully saturated rings. The Morgan fingerprint density at radius 3 is 2.83 bits per heavy atom. The Morgan fingerprint density at radius 2 is 2.17 bits per heavy atom. The van der Waals surface area contributed by atoms with Gasteiger partial charge in [-0.3, -0.25) is 0 Å². The van der Waals surface area contributed by atoms with Gasteiger partial charge >= 0.3 is 0 Å². The van der Waals surface area contributed by atoms with Crippen molar-refractivity contribution in [2.24, 2.45) is 5.92 Å². The van der Waals surface area contributed by atoms with E-state index in [9.17, 15) is 0 Å². The van der Waals surface area contributed by atoms with E-state index in [1.165, 1.54) is 56.9 Å². The number of thiophene rings is 1. The van der Waals surface area contributed by atoms with Crippen molar-refractivity contribution in [3.63, 3.8) is 0 Å². The van der Waals surface area contributed by atoms with Crippen molar-refractivity contribution >= 4 is 11.3 Å². The predicted molar refractivity (Wildman–Crippen MR) is 81.2 cm³/mol. The first kappa shape index (κ1) is 14.1. The Kier molecular flexibility index (Phi) is 6.22. The summed E-state index contributed by atoms with van der Waals surface area (Å²) in [4.78, 5) is 0. The minimum Gasteiger partial charge on any atom is -0.310 e. The molecular formula is C16H27NS. The van der Waals surface area contributed by atoms with Gasteiger partial charge in [0, 0.05) is 6.04 Å². The Hall–Kier alpha value is -0.340. The highest BCUT2D eigenvalue weighted by molar-refractivity contribution is 7.07. The molecule has 1 atom stereocenters. The molecule has 18 heavy (non-hydrogen) atoms. The van der Waals surface area contributed by atoms with Crippen LogP contribution in [0.1, 0.15) is 69.9 Å². The summed E-state index contributed by atoms with van der Waals surface area (Å²) in [5.74, 6) is 1.00. The Bertz CT molecular complexity index is 301. The monoisotopic (exact) mass is 265 g/mol. The molecule has 1 saturated carbocycles. The molecule has 1 aliphatic rings. The van der Waals surface area contributed by atoms with Crippen LogP contribution in [0, 0.1) is 5.92 Å². The molecule has 0 bridgehead atoms. The highest BCUT2D eigenvalue weighted by atomic mass is 32.1. The molecule has 0 saturated heterocycles. The zero-order valence-corrected chi connectivity index (χ0v) is 12.5. The van der Waals surface area contributed by atoms with E-state index in [2.05, 4.69) is 29.1 Å². The van der Waals surface area contributed by atoms with Crippen molar-refractivity contribution in [2.45, 2.75) is 64.3 Å². The Morgan fingerprint density at radius 1 is 1.33 bits per heavy atom. The van der Waals surface area contributed by atoms with Crippen LogP contribution in [0.4, 0.5) is 0 Å². The highest BCUT2D eigenvalue weighted by Gasteiger charge is 2.17. The lowest BCUT2D eigenvalue weighted by Gasteiger charge is -2.24. The summed E-state index contributed by atoms with van der Waals surface area (Å²) in [6.45, 7) is 3.39. The summed E-state index contributed by atoms with van der Waals surface area (Å²) in [6.07, 6.45) is 11.3. The fourth-order valence-corrected chi connectivity index (χ4v) is 3.77. The van der Waals surface area contributed by atoms with Crippen molar-refractivity contribution in [1.29, 1.82) is 0 Å². The first-order valence-electron chi connectivity index (χ1n) is 7.65. The predicted octanol–water partition coefficient (Wildman–Crippen LogP) is 5.15. The minimum absolute atomic E-state index is 0.595. The van der Waals surface area contributed by atoms with E-state index in [0.29, 0.717) is 6.04 Å². The van der Waals surface area contributed by atoms with Crippen molar-refractivity contribution in [3.05, 3.63) is 22.4 Å². The average molecular weight is 265 g/mol. The van der Waals surface area contributed by atoms with Crippen LogP contribution in [0.25, 0.3) is 0 Å². The van der Waals surface area contributed by atoms with Crippen LogP contribution in [0.2, 0.25) is 0 Å². The van der Waals surface area contributed by atoms with Crippen molar-refractivity contribution in [3.8, 4) is 0 Å². The van der Waals surface area contributed by atoms with E-state index in [-0.39, 0.29) is 0 Å². The van der Waals surface area contributed by atoms with Gasteiger partial charge in [0.1, 0.15) is 0 Å². The lowest BCUT2D eigenvalue weighted by atomic mass is 9.84. The number of hydrogen-bond acceptors (Lipinski definition) is 2. The van der Waals surface area contributed by atoms with Crippen molar-refractivity contribution < 1.29 is 0 Å². The SMILES string of the molecule is CCCNC(CCC1CCCCC1)c1ccsc1. The Labute approximate surface area is 116 Å². The molecule has 0 amide bonds. The van der Waals surface area contributed by atoms with Crippen LogP contribution >= 0.6 is 11.3 Å². The largest absolute Gasteiger partial charge is 0.310 e. The zero-order chi connectivity index (χ0) is 12.6. The maximum absolute atomic E-state index is 3.72. The molecule has 1 N–H and O–H groups in total. The highest BCUT2D eigenvalue weighted by Crippen LogP contribution is 2.30. The molecule has 1 nitrogen and oxygen atoms in total. The first-order valence-corrected chi connectivity index (χ1v) is 8.60. The molecule has 0 radical (unpaired) electrons. The molecule has 1 unspecified atom stereocenters. The van der Waals surface area contributed by atoms with Crippen LogP contribution in [-0.4, -0.2) is 6.54 Å². The van der Waals surface area contributed by atoms with Gasteiger partial charge in [-0.2, -0.15) is 11.3 Å². The van der Waals surface area contributed by atoms with E-state index < -0.39 is 0 Å². The molecule has 0 aromatic carbocycles. The summed E-state index contributed by atoms with van der Waals surface area (Å²) < 4.78 is 0. The summed E-state index contributed by atoms with van der Waals surface area (Å²) in [6, 6.07) is 2.89. The molecule has 1 heterocycles. The van der Waals surface area contributed by atoms with E-state index >= 15 is 0 Å². The third kappa shape index (κ3) is 4.40. The maximum Gasteiger partial charge on any atom is 0.0328 e. The minimum atomic E-state index is 0.595. The second kappa shape index (κ2) is 7.96. The molecular weight excluding hydrogens is 238 g/mol. The third-order valence-electron chi connectivity index (χ3n) is 4.17. The molecule has 1 aromatic heterocycles. The summed E-state index contributed by atoms with van der Waals surface area (Å²) in [5, 5.41) is 8.24. The van der Waals surface area contributed by atoms with Gasteiger partial charge in [0.25, 0.3) is 0 Å². The lowest BCUT2D eigenvalue weighted by molar-refractivity contribution is 0.314. The summed E-state index contributed by atoms with van der Waals surface area (Å²) >= 11 is 1.82. The maximum atomic E-state index is 3.72. The second-order valence-corrected chi connectivity index (χ2v) is 6.42. The summed E-state index contributed by atoms with van der Waals surface area (Å²) in [7, 11) is 0.